The summed E-state index contributed by atoms with van der Waals surface area (Å²) >= 11 is 0. The maximum absolute atomic E-state index is 11.8. The molecule has 0 aromatic rings. The average Bonchev–Trinajstić information content (AvgIpc) is 2.23. The van der Waals surface area contributed by atoms with Crippen molar-refractivity contribution in [2.24, 2.45) is 23.7 Å². The fourth-order valence-electron chi connectivity index (χ4n) is 4.24. The minimum atomic E-state index is -0.803. The molecule has 0 radical (unpaired) electrons. The van der Waals surface area contributed by atoms with Crippen molar-refractivity contribution in [2.45, 2.75) is 32.1 Å². The Hall–Kier alpha value is -0.370. The van der Waals surface area contributed by atoms with E-state index in [1.54, 1.807) is 11.6 Å². The lowest BCUT2D eigenvalue weighted by Crippen LogP contribution is -2.40. The van der Waals surface area contributed by atoms with E-state index < -0.39 is 10.8 Å². The van der Waals surface area contributed by atoms with Crippen LogP contribution < -0.4 is 0 Å². The van der Waals surface area contributed by atoms with Crippen molar-refractivity contribution < 1.29 is 4.21 Å². The molecule has 4 aliphatic rings. The van der Waals surface area contributed by atoms with Crippen LogP contribution in [0, 0.1) is 23.7 Å². The molecule has 4 rings (SSSR count). The Labute approximate surface area is 100 Å². The Morgan fingerprint density at radius 1 is 1.12 bits per heavy atom. The molecule has 0 heterocycles. The van der Waals surface area contributed by atoms with Gasteiger partial charge in [-0.3, -0.25) is 4.21 Å². The van der Waals surface area contributed by atoms with E-state index in [1.807, 2.05) is 0 Å². The van der Waals surface area contributed by atoms with Crippen LogP contribution in [-0.2, 0) is 10.8 Å². The quantitative estimate of drug-likeness (QED) is 0.687. The van der Waals surface area contributed by atoms with Crippen LogP contribution in [0.5, 0.6) is 0 Å². The lowest BCUT2D eigenvalue weighted by atomic mass is 9.54. The van der Waals surface area contributed by atoms with Crippen molar-refractivity contribution in [3.8, 4) is 0 Å². The average molecular weight is 236 g/mol. The molecule has 0 aliphatic heterocycles. The second kappa shape index (κ2) is 4.14. The molecule has 2 heteroatoms. The topological polar surface area (TPSA) is 17.1 Å². The van der Waals surface area contributed by atoms with Gasteiger partial charge in [-0.15, -0.1) is 6.58 Å². The van der Waals surface area contributed by atoms with Crippen molar-refractivity contribution >= 4 is 10.8 Å². The third-order valence-corrected chi connectivity index (χ3v) is 5.73. The Morgan fingerprint density at radius 3 is 2.19 bits per heavy atom. The Balaban J connectivity index is 1.81. The third kappa shape index (κ3) is 1.81. The monoisotopic (exact) mass is 236 g/mol. The Bertz CT molecular complexity index is 326. The zero-order valence-electron chi connectivity index (χ0n) is 9.73. The Morgan fingerprint density at radius 2 is 1.69 bits per heavy atom. The van der Waals surface area contributed by atoms with Crippen LogP contribution in [0.15, 0.2) is 23.6 Å². The fraction of sp³-hybridized carbons (Fsp3) is 0.714. The molecule has 0 spiro atoms. The zero-order valence-corrected chi connectivity index (χ0v) is 10.5. The van der Waals surface area contributed by atoms with Crippen LogP contribution >= 0.6 is 0 Å². The van der Waals surface area contributed by atoms with Gasteiger partial charge in [0.1, 0.15) is 0 Å². The maximum Gasteiger partial charge on any atom is 0.0494 e. The molecule has 4 fully saturated rings. The molecular formula is C14H20OS. The second-order valence-electron chi connectivity index (χ2n) is 5.76. The number of hydrogen-bond donors (Lipinski definition) is 0. The van der Waals surface area contributed by atoms with Gasteiger partial charge in [-0.05, 0) is 55.8 Å². The van der Waals surface area contributed by atoms with Crippen LogP contribution in [0.4, 0.5) is 0 Å². The van der Waals surface area contributed by atoms with Gasteiger partial charge < -0.3 is 0 Å². The molecule has 16 heavy (non-hydrogen) atoms. The van der Waals surface area contributed by atoms with Gasteiger partial charge in [-0.2, -0.15) is 0 Å². The summed E-state index contributed by atoms with van der Waals surface area (Å²) in [4.78, 5) is 0. The molecule has 1 nitrogen and oxygen atoms in total. The van der Waals surface area contributed by atoms with Crippen molar-refractivity contribution in [2.75, 3.05) is 5.75 Å². The maximum atomic E-state index is 11.8. The highest BCUT2D eigenvalue weighted by Crippen LogP contribution is 2.56. The normalized spacial score (nSPS) is 42.1. The highest BCUT2D eigenvalue weighted by molar-refractivity contribution is 7.88. The lowest BCUT2D eigenvalue weighted by molar-refractivity contribution is 0.0700. The van der Waals surface area contributed by atoms with Gasteiger partial charge in [0.2, 0.25) is 0 Å². The fourth-order valence-corrected chi connectivity index (χ4v) is 5.25. The first-order valence-electron chi connectivity index (χ1n) is 6.46. The summed E-state index contributed by atoms with van der Waals surface area (Å²) in [7, 11) is -0.803. The van der Waals surface area contributed by atoms with Crippen LogP contribution in [0.3, 0.4) is 0 Å². The summed E-state index contributed by atoms with van der Waals surface area (Å²) in [5.41, 5.74) is 1.55. The lowest BCUT2D eigenvalue weighted by Gasteiger charge is -2.51. The van der Waals surface area contributed by atoms with Gasteiger partial charge in [0.05, 0.1) is 0 Å². The zero-order chi connectivity index (χ0) is 11.1. The van der Waals surface area contributed by atoms with E-state index in [9.17, 15) is 4.21 Å². The molecule has 0 saturated heterocycles. The van der Waals surface area contributed by atoms with Gasteiger partial charge >= 0.3 is 0 Å². The van der Waals surface area contributed by atoms with Gasteiger partial charge in [-0.1, -0.05) is 11.6 Å². The van der Waals surface area contributed by atoms with E-state index in [0.29, 0.717) is 5.75 Å². The first-order chi connectivity index (χ1) is 7.76. The summed E-state index contributed by atoms with van der Waals surface area (Å²) < 4.78 is 11.8. The van der Waals surface area contributed by atoms with Crippen LogP contribution in [0.1, 0.15) is 32.1 Å². The molecule has 0 N–H and O–H groups in total. The highest BCUT2D eigenvalue weighted by atomic mass is 32.2. The van der Waals surface area contributed by atoms with Gasteiger partial charge in [0, 0.05) is 22.0 Å². The van der Waals surface area contributed by atoms with Crippen LogP contribution in [0.25, 0.3) is 0 Å². The molecule has 0 amide bonds. The third-order valence-electron chi connectivity index (χ3n) is 4.63. The molecule has 0 aromatic carbocycles. The molecule has 4 saturated carbocycles. The predicted molar refractivity (Wildman–Crippen MR) is 68.3 cm³/mol. The molecule has 0 aromatic heterocycles. The van der Waals surface area contributed by atoms with Crippen molar-refractivity contribution in [3.05, 3.63) is 23.6 Å². The summed E-state index contributed by atoms with van der Waals surface area (Å²) in [6.07, 6.45) is 8.77. The standard InChI is InChI=1S/C14H20OS/c1-2-3-16(15)9-14-12-5-10-4-11(7-12)8-13(14)6-10/h2,9-13H,1,3-8H2. The Kier molecular flexibility index (Phi) is 2.78. The summed E-state index contributed by atoms with van der Waals surface area (Å²) in [5, 5.41) is 2.08. The SMILES string of the molecule is C=CCS(=O)C=C1C2CC3CC(C2)CC1C3. The second-order valence-corrected chi connectivity index (χ2v) is 7.09. The smallest absolute Gasteiger partial charge is 0.0494 e. The minimum absolute atomic E-state index is 0.621. The summed E-state index contributed by atoms with van der Waals surface area (Å²) in [6, 6.07) is 0. The van der Waals surface area contributed by atoms with E-state index in [-0.39, 0.29) is 0 Å². The molecule has 1 unspecified atom stereocenters. The molecule has 4 bridgehead atoms. The van der Waals surface area contributed by atoms with Gasteiger partial charge in [0.25, 0.3) is 0 Å². The van der Waals surface area contributed by atoms with E-state index in [1.165, 1.54) is 32.1 Å². The first kappa shape index (κ1) is 10.8. The van der Waals surface area contributed by atoms with E-state index in [0.717, 1.165) is 23.7 Å². The molecule has 88 valence electrons. The van der Waals surface area contributed by atoms with Crippen LogP contribution in [0.2, 0.25) is 0 Å². The molecule has 1 atom stereocenters. The minimum Gasteiger partial charge on any atom is -0.255 e. The van der Waals surface area contributed by atoms with Gasteiger partial charge in [-0.25, -0.2) is 0 Å². The molecule has 4 aliphatic carbocycles. The number of rotatable bonds is 3. The van der Waals surface area contributed by atoms with Crippen molar-refractivity contribution in [3.63, 3.8) is 0 Å². The van der Waals surface area contributed by atoms with Gasteiger partial charge in [0.15, 0.2) is 0 Å². The summed E-state index contributed by atoms with van der Waals surface area (Å²) in [6.45, 7) is 3.66. The number of hydrogen-bond acceptors (Lipinski definition) is 1. The van der Waals surface area contributed by atoms with E-state index in [2.05, 4.69) is 12.0 Å². The molecular weight excluding hydrogens is 216 g/mol. The van der Waals surface area contributed by atoms with Crippen molar-refractivity contribution in [1.29, 1.82) is 0 Å². The largest absolute Gasteiger partial charge is 0.255 e. The first-order valence-corrected chi connectivity index (χ1v) is 7.84. The highest BCUT2D eigenvalue weighted by Gasteiger charge is 2.45. The van der Waals surface area contributed by atoms with E-state index >= 15 is 0 Å². The number of allylic oxidation sites excluding steroid dienone is 1. The van der Waals surface area contributed by atoms with E-state index in [4.69, 9.17) is 0 Å². The predicted octanol–water partition coefficient (Wildman–Crippen LogP) is 3.26. The van der Waals surface area contributed by atoms with Crippen molar-refractivity contribution in [1.82, 2.24) is 0 Å². The van der Waals surface area contributed by atoms with Crippen LogP contribution in [-0.4, -0.2) is 9.96 Å². The summed E-state index contributed by atoms with van der Waals surface area (Å²) in [5.74, 6) is 4.17.